The van der Waals surface area contributed by atoms with Gasteiger partial charge in [-0.3, -0.25) is 0 Å². The number of rotatable bonds is 4. The highest BCUT2D eigenvalue weighted by molar-refractivity contribution is 5.59. The first-order valence-corrected chi connectivity index (χ1v) is 10.9. The van der Waals surface area contributed by atoms with E-state index < -0.39 is 0 Å². The Balaban J connectivity index is 1.52. The first-order valence-electron chi connectivity index (χ1n) is 10.9. The zero-order valence-corrected chi connectivity index (χ0v) is 17.2. The van der Waals surface area contributed by atoms with E-state index in [2.05, 4.69) is 85.0 Å². The first-order chi connectivity index (χ1) is 14.3. The van der Waals surface area contributed by atoms with E-state index in [0.717, 1.165) is 44.5 Å². The lowest BCUT2D eigenvalue weighted by atomic mass is 9.80. The summed E-state index contributed by atoms with van der Waals surface area (Å²) in [7, 11) is 0. The number of anilines is 1. The molecule has 2 nitrogen and oxygen atoms in total. The molecule has 2 heteroatoms. The predicted molar refractivity (Wildman–Crippen MR) is 120 cm³/mol. The van der Waals surface area contributed by atoms with Gasteiger partial charge in [0.15, 0.2) is 0 Å². The lowest BCUT2D eigenvalue weighted by molar-refractivity contribution is 0.356. The minimum atomic E-state index is 0.0893. The van der Waals surface area contributed by atoms with E-state index in [1.54, 1.807) is 0 Å². The molecular weight excluding hydrogens is 354 g/mol. The third-order valence-corrected chi connectivity index (χ3v) is 6.83. The first kappa shape index (κ1) is 18.3. The Morgan fingerprint density at radius 3 is 2.69 bits per heavy atom. The summed E-state index contributed by atoms with van der Waals surface area (Å²) < 4.78 is 5.74. The van der Waals surface area contributed by atoms with Crippen molar-refractivity contribution in [3.8, 4) is 5.75 Å². The molecule has 2 heterocycles. The number of nitrogens with one attached hydrogen (secondary N) is 1. The molecule has 0 amide bonds. The molecule has 2 aliphatic rings. The number of hydrogen-bond acceptors (Lipinski definition) is 2. The molecule has 0 bridgehead atoms. The van der Waals surface area contributed by atoms with Crippen molar-refractivity contribution in [1.82, 2.24) is 0 Å². The predicted octanol–water partition coefficient (Wildman–Crippen LogP) is 6.35. The van der Waals surface area contributed by atoms with Crippen LogP contribution in [0.3, 0.4) is 0 Å². The van der Waals surface area contributed by atoms with Gasteiger partial charge in [0, 0.05) is 23.6 Å². The van der Waals surface area contributed by atoms with Gasteiger partial charge in [0.2, 0.25) is 0 Å². The fourth-order valence-electron chi connectivity index (χ4n) is 5.12. The Labute approximate surface area is 173 Å². The molecule has 0 spiro atoms. The van der Waals surface area contributed by atoms with Crippen molar-refractivity contribution in [2.45, 2.75) is 50.5 Å². The Morgan fingerprint density at radius 2 is 1.83 bits per heavy atom. The van der Waals surface area contributed by atoms with Gasteiger partial charge < -0.3 is 10.1 Å². The van der Waals surface area contributed by atoms with Crippen molar-refractivity contribution in [2.24, 2.45) is 0 Å². The monoisotopic (exact) mass is 383 g/mol. The zero-order valence-electron chi connectivity index (χ0n) is 17.2. The standard InChI is InChI=1S/C27H29NO/c1-2-27(19-20-8-4-3-5-9-20)16-14-23(24-10-6-7-11-25(24)28-27)21-12-13-26-22(18-21)15-17-29-26/h3-13,18,23,28H,2,14-17,19H2,1H3. The molecule has 0 fully saturated rings. The van der Waals surface area contributed by atoms with Gasteiger partial charge in [0.25, 0.3) is 0 Å². The molecule has 3 aromatic carbocycles. The maximum atomic E-state index is 5.74. The largest absolute Gasteiger partial charge is 0.493 e. The molecule has 0 aliphatic carbocycles. The molecule has 148 valence electrons. The molecule has 1 N–H and O–H groups in total. The summed E-state index contributed by atoms with van der Waals surface area (Å²) in [6.45, 7) is 3.14. The maximum Gasteiger partial charge on any atom is 0.122 e. The Bertz CT molecular complexity index is 996. The van der Waals surface area contributed by atoms with E-state index >= 15 is 0 Å². The second-order valence-corrected chi connectivity index (χ2v) is 8.57. The summed E-state index contributed by atoms with van der Waals surface area (Å²) in [5.74, 6) is 1.49. The minimum absolute atomic E-state index is 0.0893. The van der Waals surface area contributed by atoms with Crippen LogP contribution in [0.15, 0.2) is 72.8 Å². The maximum absolute atomic E-state index is 5.74. The number of benzene rings is 3. The highest BCUT2D eigenvalue weighted by atomic mass is 16.5. The smallest absolute Gasteiger partial charge is 0.122 e. The summed E-state index contributed by atoms with van der Waals surface area (Å²) >= 11 is 0. The van der Waals surface area contributed by atoms with Gasteiger partial charge in [-0.05, 0) is 60.1 Å². The molecule has 0 aromatic heterocycles. The molecule has 3 aromatic rings. The van der Waals surface area contributed by atoms with E-state index in [4.69, 9.17) is 4.74 Å². The van der Waals surface area contributed by atoms with E-state index in [1.165, 1.54) is 27.9 Å². The topological polar surface area (TPSA) is 21.3 Å². The van der Waals surface area contributed by atoms with Crippen molar-refractivity contribution in [2.75, 3.05) is 11.9 Å². The zero-order chi connectivity index (χ0) is 19.7. The fourth-order valence-corrected chi connectivity index (χ4v) is 5.12. The molecule has 5 rings (SSSR count). The van der Waals surface area contributed by atoms with Crippen LogP contribution >= 0.6 is 0 Å². The van der Waals surface area contributed by atoms with Gasteiger partial charge in [-0.2, -0.15) is 0 Å². The van der Waals surface area contributed by atoms with Crippen LogP contribution in [0.25, 0.3) is 0 Å². The quantitative estimate of drug-likeness (QED) is 0.567. The van der Waals surface area contributed by atoms with Gasteiger partial charge in [0.1, 0.15) is 5.75 Å². The summed E-state index contributed by atoms with van der Waals surface area (Å²) in [5, 5.41) is 4.00. The molecule has 0 saturated carbocycles. The molecule has 0 saturated heterocycles. The normalized spacial score (nSPS) is 22.7. The van der Waals surface area contributed by atoms with Gasteiger partial charge >= 0.3 is 0 Å². The van der Waals surface area contributed by atoms with Crippen LogP contribution in [0.2, 0.25) is 0 Å². The van der Waals surface area contributed by atoms with Crippen molar-refractivity contribution in [3.63, 3.8) is 0 Å². The van der Waals surface area contributed by atoms with E-state index in [0.29, 0.717) is 5.92 Å². The summed E-state index contributed by atoms with van der Waals surface area (Å²) in [5.41, 5.74) is 7.01. The molecule has 0 radical (unpaired) electrons. The van der Waals surface area contributed by atoms with Gasteiger partial charge in [0.05, 0.1) is 6.61 Å². The van der Waals surface area contributed by atoms with Crippen LogP contribution in [-0.4, -0.2) is 12.1 Å². The van der Waals surface area contributed by atoms with Crippen LogP contribution < -0.4 is 10.1 Å². The second-order valence-electron chi connectivity index (χ2n) is 8.57. The van der Waals surface area contributed by atoms with Crippen LogP contribution in [0, 0.1) is 0 Å². The summed E-state index contributed by atoms with van der Waals surface area (Å²) in [6, 6.07) is 26.7. The lowest BCUT2D eigenvalue weighted by Gasteiger charge is -2.34. The fraction of sp³-hybridized carbons (Fsp3) is 0.333. The average molecular weight is 384 g/mol. The van der Waals surface area contributed by atoms with Crippen LogP contribution in [0.5, 0.6) is 5.75 Å². The lowest BCUT2D eigenvalue weighted by Crippen LogP contribution is -2.39. The molecule has 2 atom stereocenters. The minimum Gasteiger partial charge on any atom is -0.493 e. The highest BCUT2D eigenvalue weighted by Crippen LogP contribution is 2.43. The molecular formula is C27H29NO. The third-order valence-electron chi connectivity index (χ3n) is 6.83. The van der Waals surface area contributed by atoms with Crippen molar-refractivity contribution in [1.29, 1.82) is 0 Å². The van der Waals surface area contributed by atoms with Gasteiger partial charge in [-0.25, -0.2) is 0 Å². The number of para-hydroxylation sites is 1. The Morgan fingerprint density at radius 1 is 1.00 bits per heavy atom. The number of ether oxygens (including phenoxy) is 1. The highest BCUT2D eigenvalue weighted by Gasteiger charge is 2.34. The van der Waals surface area contributed by atoms with Crippen LogP contribution in [-0.2, 0) is 12.8 Å². The summed E-state index contributed by atoms with van der Waals surface area (Å²) in [4.78, 5) is 0. The second kappa shape index (κ2) is 7.59. The average Bonchev–Trinajstić information content (AvgIpc) is 3.17. The van der Waals surface area contributed by atoms with Crippen molar-refractivity contribution in [3.05, 3.63) is 95.1 Å². The Kier molecular flexibility index (Phi) is 4.79. The van der Waals surface area contributed by atoms with Crippen LogP contribution in [0.4, 0.5) is 5.69 Å². The molecule has 2 unspecified atom stereocenters. The molecule has 2 aliphatic heterocycles. The van der Waals surface area contributed by atoms with Crippen molar-refractivity contribution >= 4 is 5.69 Å². The third kappa shape index (κ3) is 3.53. The molecule has 29 heavy (non-hydrogen) atoms. The van der Waals surface area contributed by atoms with Gasteiger partial charge in [-0.1, -0.05) is 67.6 Å². The van der Waals surface area contributed by atoms with Crippen molar-refractivity contribution < 1.29 is 4.74 Å². The van der Waals surface area contributed by atoms with E-state index in [9.17, 15) is 0 Å². The van der Waals surface area contributed by atoms with Gasteiger partial charge in [-0.15, -0.1) is 0 Å². The SMILES string of the molecule is CCC1(Cc2ccccc2)CCC(c2ccc3c(c2)CCO3)c2ccccc2N1. The number of fused-ring (bicyclic) bond motifs is 2. The van der Waals surface area contributed by atoms with E-state index in [-0.39, 0.29) is 5.54 Å². The Hall–Kier alpha value is -2.74. The number of hydrogen-bond donors (Lipinski definition) is 1. The van der Waals surface area contributed by atoms with Crippen LogP contribution in [0.1, 0.15) is 54.4 Å². The van der Waals surface area contributed by atoms with E-state index in [1.807, 2.05) is 0 Å². The summed E-state index contributed by atoms with van der Waals surface area (Å²) in [6.07, 6.45) is 5.52.